The van der Waals surface area contributed by atoms with E-state index in [0.717, 1.165) is 0 Å². The molecule has 0 radical (unpaired) electrons. The minimum Gasteiger partial charge on any atom is -0.480 e. The highest BCUT2D eigenvalue weighted by atomic mass is 16.5. The third-order valence-electron chi connectivity index (χ3n) is 1.86. The number of hydrogen-bond acceptors (Lipinski definition) is 4. The van der Waals surface area contributed by atoms with Gasteiger partial charge in [0.15, 0.2) is 0 Å². The van der Waals surface area contributed by atoms with Crippen molar-refractivity contribution >= 4 is 5.97 Å². The van der Waals surface area contributed by atoms with Crippen LogP contribution in [0.25, 0.3) is 0 Å². The van der Waals surface area contributed by atoms with E-state index in [2.05, 4.69) is 5.32 Å². The molecule has 0 heterocycles. The van der Waals surface area contributed by atoms with Crippen molar-refractivity contribution in [1.82, 2.24) is 5.32 Å². The van der Waals surface area contributed by atoms with Gasteiger partial charge in [-0.15, -0.1) is 0 Å². The molecule has 0 spiro atoms. The van der Waals surface area contributed by atoms with Crippen LogP contribution in [0.5, 0.6) is 0 Å². The van der Waals surface area contributed by atoms with Crippen LogP contribution in [0, 0.1) is 0 Å². The van der Waals surface area contributed by atoms with Crippen molar-refractivity contribution in [1.29, 1.82) is 0 Å². The average Bonchev–Trinajstić information content (AvgIpc) is 2.12. The molecular formula is C9H19NO4. The van der Waals surface area contributed by atoms with Gasteiger partial charge in [0, 0.05) is 13.7 Å². The van der Waals surface area contributed by atoms with Crippen molar-refractivity contribution in [2.24, 2.45) is 0 Å². The van der Waals surface area contributed by atoms with Crippen LogP contribution in [0.3, 0.4) is 0 Å². The average molecular weight is 205 g/mol. The number of carboxylic acids is 1. The van der Waals surface area contributed by atoms with Crippen LogP contribution in [0.1, 0.15) is 13.3 Å². The Morgan fingerprint density at radius 1 is 1.57 bits per heavy atom. The Morgan fingerprint density at radius 2 is 2.21 bits per heavy atom. The topological polar surface area (TPSA) is 67.8 Å². The van der Waals surface area contributed by atoms with Gasteiger partial charge in [0.25, 0.3) is 0 Å². The second-order valence-electron chi connectivity index (χ2n) is 3.10. The van der Waals surface area contributed by atoms with Gasteiger partial charge in [-0.1, -0.05) is 0 Å². The van der Waals surface area contributed by atoms with Crippen molar-refractivity contribution in [2.75, 3.05) is 27.4 Å². The van der Waals surface area contributed by atoms with Crippen LogP contribution >= 0.6 is 0 Å². The zero-order valence-corrected chi connectivity index (χ0v) is 8.95. The van der Waals surface area contributed by atoms with Crippen LogP contribution in [-0.4, -0.2) is 50.6 Å². The van der Waals surface area contributed by atoms with Gasteiger partial charge in [-0.3, -0.25) is 4.79 Å². The van der Waals surface area contributed by atoms with Gasteiger partial charge in [0.05, 0.1) is 12.7 Å². The Kier molecular flexibility index (Phi) is 7.37. The van der Waals surface area contributed by atoms with Gasteiger partial charge in [0.2, 0.25) is 0 Å². The molecule has 0 saturated carbocycles. The molecule has 5 nitrogen and oxygen atoms in total. The first-order chi connectivity index (χ1) is 6.61. The molecule has 14 heavy (non-hydrogen) atoms. The Morgan fingerprint density at radius 3 is 2.64 bits per heavy atom. The van der Waals surface area contributed by atoms with E-state index >= 15 is 0 Å². The third kappa shape index (κ3) is 5.90. The molecule has 0 aromatic carbocycles. The molecule has 0 aliphatic heterocycles. The first-order valence-electron chi connectivity index (χ1n) is 4.62. The van der Waals surface area contributed by atoms with Gasteiger partial charge in [-0.2, -0.15) is 0 Å². The van der Waals surface area contributed by atoms with E-state index in [-0.39, 0.29) is 6.10 Å². The smallest absolute Gasteiger partial charge is 0.320 e. The van der Waals surface area contributed by atoms with Gasteiger partial charge in [0.1, 0.15) is 6.04 Å². The van der Waals surface area contributed by atoms with Gasteiger partial charge in [-0.05, 0) is 20.4 Å². The number of aliphatic carboxylic acids is 1. The Balaban J connectivity index is 3.55. The lowest BCUT2D eigenvalue weighted by atomic mass is 10.2. The summed E-state index contributed by atoms with van der Waals surface area (Å²) in [6.45, 7) is 2.83. The van der Waals surface area contributed by atoms with Crippen LogP contribution in [0.2, 0.25) is 0 Å². The van der Waals surface area contributed by atoms with Crippen LogP contribution in [0.4, 0.5) is 0 Å². The Bertz CT molecular complexity index is 163. The molecule has 0 bridgehead atoms. The summed E-state index contributed by atoms with van der Waals surface area (Å²) in [5.41, 5.74) is 0. The maximum absolute atomic E-state index is 10.6. The monoisotopic (exact) mass is 205 g/mol. The lowest BCUT2D eigenvalue weighted by Gasteiger charge is -2.14. The summed E-state index contributed by atoms with van der Waals surface area (Å²) in [7, 11) is 3.23. The maximum Gasteiger partial charge on any atom is 0.320 e. The highest BCUT2D eigenvalue weighted by Crippen LogP contribution is 1.97. The number of carbonyl (C=O) groups is 1. The molecule has 0 aromatic rings. The summed E-state index contributed by atoms with van der Waals surface area (Å²) in [5, 5.41) is 11.4. The van der Waals surface area contributed by atoms with Gasteiger partial charge in [-0.25, -0.2) is 0 Å². The number of hydrogen-bond donors (Lipinski definition) is 2. The quantitative estimate of drug-likeness (QED) is 0.588. The minimum absolute atomic E-state index is 0.00583. The van der Waals surface area contributed by atoms with Gasteiger partial charge < -0.3 is 19.9 Å². The first kappa shape index (κ1) is 13.4. The fourth-order valence-electron chi connectivity index (χ4n) is 1.06. The highest BCUT2D eigenvalue weighted by molar-refractivity contribution is 5.73. The summed E-state index contributed by atoms with van der Waals surface area (Å²) in [4.78, 5) is 10.6. The van der Waals surface area contributed by atoms with Crippen LogP contribution < -0.4 is 5.32 Å². The van der Waals surface area contributed by atoms with Crippen molar-refractivity contribution in [2.45, 2.75) is 25.5 Å². The van der Waals surface area contributed by atoms with Crippen LogP contribution in [-0.2, 0) is 14.3 Å². The number of nitrogens with one attached hydrogen (secondary N) is 1. The molecular weight excluding hydrogens is 186 g/mol. The third-order valence-corrected chi connectivity index (χ3v) is 1.86. The lowest BCUT2D eigenvalue weighted by molar-refractivity contribution is -0.140. The van der Waals surface area contributed by atoms with E-state index in [1.165, 1.54) is 0 Å². The molecule has 0 saturated heterocycles. The van der Waals surface area contributed by atoms with E-state index in [9.17, 15) is 4.79 Å². The van der Waals surface area contributed by atoms with Crippen LogP contribution in [0.15, 0.2) is 0 Å². The second-order valence-corrected chi connectivity index (χ2v) is 3.10. The van der Waals surface area contributed by atoms with Crippen molar-refractivity contribution in [3.05, 3.63) is 0 Å². The predicted molar refractivity (Wildman–Crippen MR) is 52.4 cm³/mol. The number of ether oxygens (including phenoxy) is 2. The van der Waals surface area contributed by atoms with E-state index in [1.807, 2.05) is 6.92 Å². The predicted octanol–water partition coefficient (Wildman–Crippen LogP) is 0.101. The number of methoxy groups -OCH3 is 1. The van der Waals surface area contributed by atoms with E-state index < -0.39 is 12.0 Å². The van der Waals surface area contributed by atoms with Crippen molar-refractivity contribution < 1.29 is 19.4 Å². The summed E-state index contributed by atoms with van der Waals surface area (Å²) in [6, 6.07) is -0.537. The fraction of sp³-hybridized carbons (Fsp3) is 0.889. The molecule has 0 fully saturated rings. The molecule has 0 aliphatic rings. The SMILES string of the molecule is CNC(CCOC(C)COC)C(=O)O. The molecule has 2 unspecified atom stereocenters. The zero-order chi connectivity index (χ0) is 11.0. The summed E-state index contributed by atoms with van der Waals surface area (Å²) in [5.74, 6) is -0.851. The van der Waals surface area contributed by atoms with Crippen molar-refractivity contribution in [3.8, 4) is 0 Å². The number of likely N-dealkylation sites (N-methyl/N-ethyl adjacent to an activating group) is 1. The Labute approximate surface area is 84.4 Å². The highest BCUT2D eigenvalue weighted by Gasteiger charge is 2.14. The largest absolute Gasteiger partial charge is 0.480 e. The number of carboxylic acid groups (broad SMARTS) is 1. The summed E-state index contributed by atoms with van der Waals surface area (Å²) >= 11 is 0. The fourth-order valence-corrected chi connectivity index (χ4v) is 1.06. The molecule has 2 N–H and O–H groups in total. The summed E-state index contributed by atoms with van der Waals surface area (Å²) < 4.78 is 10.2. The Hall–Kier alpha value is -0.650. The van der Waals surface area contributed by atoms with Crippen molar-refractivity contribution in [3.63, 3.8) is 0 Å². The standard InChI is InChI=1S/C9H19NO4/c1-7(6-13-3)14-5-4-8(10-2)9(11)12/h7-8,10H,4-6H2,1-3H3,(H,11,12). The lowest BCUT2D eigenvalue weighted by Crippen LogP contribution is -2.35. The zero-order valence-electron chi connectivity index (χ0n) is 8.95. The molecule has 84 valence electrons. The molecule has 0 aromatic heterocycles. The molecule has 5 heteroatoms. The number of rotatable bonds is 8. The molecule has 0 aliphatic carbocycles. The molecule has 0 rings (SSSR count). The molecule has 0 amide bonds. The second kappa shape index (κ2) is 7.73. The summed E-state index contributed by atoms with van der Waals surface area (Å²) in [6.07, 6.45) is 0.464. The molecule has 2 atom stereocenters. The van der Waals surface area contributed by atoms with E-state index in [1.54, 1.807) is 14.2 Å². The van der Waals surface area contributed by atoms with E-state index in [4.69, 9.17) is 14.6 Å². The normalized spacial score (nSPS) is 15.1. The maximum atomic E-state index is 10.6. The minimum atomic E-state index is -0.851. The first-order valence-corrected chi connectivity index (χ1v) is 4.62. The van der Waals surface area contributed by atoms with Gasteiger partial charge >= 0.3 is 5.97 Å². The van der Waals surface area contributed by atoms with E-state index in [0.29, 0.717) is 19.6 Å².